The zero-order valence-corrected chi connectivity index (χ0v) is 17.1. The quantitative estimate of drug-likeness (QED) is 0.677. The second-order valence-corrected chi connectivity index (χ2v) is 8.87. The van der Waals surface area contributed by atoms with E-state index >= 15 is 0 Å². The Morgan fingerprint density at radius 1 is 0.967 bits per heavy atom. The average molecular weight is 402 g/mol. The lowest BCUT2D eigenvalue weighted by Gasteiger charge is -2.21. The summed E-state index contributed by atoms with van der Waals surface area (Å²) in [6.45, 7) is 0. The number of benzene rings is 2. The molecule has 0 radical (unpaired) electrons. The van der Waals surface area contributed by atoms with Crippen molar-refractivity contribution in [2.75, 3.05) is 5.43 Å². The van der Waals surface area contributed by atoms with Gasteiger partial charge in [0.2, 0.25) is 5.91 Å². The Hall–Kier alpha value is -2.95. The summed E-state index contributed by atoms with van der Waals surface area (Å²) in [4.78, 5) is 26.8. The molecular formula is C25H27N3O2. The summed E-state index contributed by atoms with van der Waals surface area (Å²) < 4.78 is 0. The van der Waals surface area contributed by atoms with Crippen LogP contribution in [0.25, 0.3) is 10.8 Å². The summed E-state index contributed by atoms with van der Waals surface area (Å²) >= 11 is 0. The number of fused-ring (bicyclic) bond motifs is 3. The Balaban J connectivity index is 1.38. The summed E-state index contributed by atoms with van der Waals surface area (Å²) in [5, 5.41) is 6.00. The molecule has 5 heteroatoms. The molecule has 3 atom stereocenters. The highest BCUT2D eigenvalue weighted by atomic mass is 16.2. The van der Waals surface area contributed by atoms with Crippen LogP contribution in [-0.2, 0) is 17.6 Å². The summed E-state index contributed by atoms with van der Waals surface area (Å²) in [5.74, 6) is 1.84. The van der Waals surface area contributed by atoms with E-state index in [1.165, 1.54) is 24.8 Å². The third kappa shape index (κ3) is 3.76. The molecule has 2 aliphatic rings. The maximum Gasteiger partial charge on any atom is 0.294 e. The fourth-order valence-corrected chi connectivity index (χ4v) is 5.45. The molecule has 3 aromatic rings. The molecule has 30 heavy (non-hydrogen) atoms. The largest absolute Gasteiger partial charge is 0.294 e. The van der Waals surface area contributed by atoms with Crippen LogP contribution in [0.4, 0.5) is 0 Å². The van der Waals surface area contributed by atoms with Gasteiger partial charge in [-0.15, -0.1) is 4.79 Å². The van der Waals surface area contributed by atoms with Gasteiger partial charge in [-0.3, -0.25) is 9.59 Å². The number of carbonyl (C=O) groups excluding carboxylic acids is 1. The Morgan fingerprint density at radius 3 is 2.47 bits per heavy atom. The first-order valence-corrected chi connectivity index (χ1v) is 11.0. The Kier molecular flexibility index (Phi) is 5.11. The molecule has 2 aromatic carbocycles. The van der Waals surface area contributed by atoms with E-state index in [1.54, 1.807) is 0 Å². The fraction of sp³-hybridized carbons (Fsp3) is 0.400. The summed E-state index contributed by atoms with van der Waals surface area (Å²) in [7, 11) is 0. The van der Waals surface area contributed by atoms with Crippen LogP contribution < -0.4 is 11.0 Å². The van der Waals surface area contributed by atoms with Gasteiger partial charge in [0.1, 0.15) is 0 Å². The van der Waals surface area contributed by atoms with Gasteiger partial charge in [0, 0.05) is 11.8 Å². The predicted octanol–water partition coefficient (Wildman–Crippen LogP) is 4.08. The zero-order chi connectivity index (χ0) is 20.5. The molecule has 2 aliphatic carbocycles. The van der Waals surface area contributed by atoms with E-state index in [4.69, 9.17) is 0 Å². The topological polar surface area (TPSA) is 64.0 Å². The number of nitrogens with one attached hydrogen (secondary N) is 1. The Morgan fingerprint density at radius 2 is 1.73 bits per heavy atom. The van der Waals surface area contributed by atoms with Crippen LogP contribution >= 0.6 is 0 Å². The predicted molar refractivity (Wildman–Crippen MR) is 118 cm³/mol. The lowest BCUT2D eigenvalue weighted by Crippen LogP contribution is -2.37. The van der Waals surface area contributed by atoms with Gasteiger partial charge in [-0.25, -0.2) is 5.43 Å². The molecule has 0 aliphatic heterocycles. The van der Waals surface area contributed by atoms with Crippen LogP contribution in [0.3, 0.4) is 0 Å². The van der Waals surface area contributed by atoms with Crippen LogP contribution in [0.1, 0.15) is 43.4 Å². The summed E-state index contributed by atoms with van der Waals surface area (Å²) in [5.41, 5.74) is 4.56. The fourth-order valence-electron chi connectivity index (χ4n) is 5.45. The van der Waals surface area contributed by atoms with Crippen molar-refractivity contribution in [1.29, 1.82) is 0 Å². The highest BCUT2D eigenvalue weighted by Gasteiger charge is 2.40. The number of aryl methyl sites for hydroxylation is 2. The van der Waals surface area contributed by atoms with Gasteiger partial charge in [-0.2, -0.15) is 5.10 Å². The van der Waals surface area contributed by atoms with E-state index in [2.05, 4.69) is 22.7 Å². The van der Waals surface area contributed by atoms with Crippen molar-refractivity contribution >= 4 is 16.7 Å². The van der Waals surface area contributed by atoms with Crippen molar-refractivity contribution in [3.63, 3.8) is 0 Å². The standard InChI is InChI=1S/C25H27N3O2/c29-24(16-20-15-18-10-12-19(20)14-18)27-28-25(30)22-9-5-4-8-21(22)23(26-28)13-11-17-6-2-1-3-7-17/h1-9,18-20H,10-16H2,(H,27,29)/t18-,19+,20-/m1/s1. The van der Waals surface area contributed by atoms with Gasteiger partial charge in [-0.05, 0) is 61.5 Å². The number of nitrogens with zero attached hydrogens (tertiary/aromatic N) is 2. The Bertz CT molecular complexity index is 1120. The number of hydrogen-bond donors (Lipinski definition) is 1. The van der Waals surface area contributed by atoms with Gasteiger partial charge >= 0.3 is 0 Å². The van der Waals surface area contributed by atoms with E-state index in [9.17, 15) is 9.59 Å². The molecule has 5 nitrogen and oxygen atoms in total. The van der Waals surface area contributed by atoms with Crippen molar-refractivity contribution in [3.05, 3.63) is 76.2 Å². The van der Waals surface area contributed by atoms with Crippen LogP contribution in [0.15, 0.2) is 59.4 Å². The Labute approximate surface area is 176 Å². The lowest BCUT2D eigenvalue weighted by atomic mass is 9.86. The number of rotatable bonds is 6. The van der Waals surface area contributed by atoms with E-state index in [0.29, 0.717) is 30.1 Å². The molecule has 2 fully saturated rings. The molecule has 0 spiro atoms. The van der Waals surface area contributed by atoms with Crippen LogP contribution in [0, 0.1) is 17.8 Å². The molecule has 1 amide bonds. The van der Waals surface area contributed by atoms with Crippen molar-refractivity contribution in [3.8, 4) is 0 Å². The van der Waals surface area contributed by atoms with E-state index < -0.39 is 0 Å². The molecule has 154 valence electrons. The molecular weight excluding hydrogens is 374 g/mol. The molecule has 2 saturated carbocycles. The monoisotopic (exact) mass is 401 g/mol. The van der Waals surface area contributed by atoms with Crippen LogP contribution in [0.5, 0.6) is 0 Å². The van der Waals surface area contributed by atoms with Gasteiger partial charge < -0.3 is 0 Å². The first-order chi connectivity index (χ1) is 14.7. The normalized spacial score (nSPS) is 22.5. The number of hydrogen-bond acceptors (Lipinski definition) is 3. The van der Waals surface area contributed by atoms with Crippen LogP contribution in [-0.4, -0.2) is 15.8 Å². The molecule has 1 aromatic heterocycles. The molecule has 5 rings (SSSR count). The second kappa shape index (κ2) is 8.05. The number of aromatic nitrogens is 2. The first kappa shape index (κ1) is 19.0. The minimum absolute atomic E-state index is 0.105. The van der Waals surface area contributed by atoms with Gasteiger partial charge in [0.15, 0.2) is 0 Å². The minimum Gasteiger partial charge on any atom is -0.273 e. The van der Waals surface area contributed by atoms with Crippen LogP contribution in [0.2, 0.25) is 0 Å². The average Bonchev–Trinajstić information content (AvgIpc) is 3.39. The van der Waals surface area contributed by atoms with E-state index in [-0.39, 0.29) is 11.5 Å². The maximum absolute atomic E-state index is 12.9. The summed E-state index contributed by atoms with van der Waals surface area (Å²) in [6.07, 6.45) is 7.01. The highest BCUT2D eigenvalue weighted by Crippen LogP contribution is 2.49. The van der Waals surface area contributed by atoms with Gasteiger partial charge in [0.25, 0.3) is 5.56 Å². The SMILES string of the molecule is O=C(C[C@H]1C[C@@H]2CC[C@H]1C2)Nn1nc(CCc2ccccc2)c2ccccc2c1=O. The molecule has 1 N–H and O–H groups in total. The van der Waals surface area contributed by atoms with E-state index in [1.807, 2.05) is 42.5 Å². The summed E-state index contributed by atoms with van der Waals surface area (Å²) in [6, 6.07) is 17.8. The zero-order valence-electron chi connectivity index (χ0n) is 17.1. The lowest BCUT2D eigenvalue weighted by molar-refractivity contribution is -0.118. The van der Waals surface area contributed by atoms with Crippen molar-refractivity contribution < 1.29 is 4.79 Å². The minimum atomic E-state index is -0.268. The number of amides is 1. The maximum atomic E-state index is 12.9. The smallest absolute Gasteiger partial charge is 0.273 e. The molecule has 0 unspecified atom stereocenters. The van der Waals surface area contributed by atoms with E-state index in [0.717, 1.165) is 34.6 Å². The van der Waals surface area contributed by atoms with Crippen molar-refractivity contribution in [1.82, 2.24) is 9.89 Å². The molecule has 1 heterocycles. The van der Waals surface area contributed by atoms with Crippen molar-refractivity contribution in [2.24, 2.45) is 17.8 Å². The van der Waals surface area contributed by atoms with Gasteiger partial charge in [0.05, 0.1) is 11.1 Å². The second-order valence-electron chi connectivity index (χ2n) is 8.87. The highest BCUT2D eigenvalue weighted by molar-refractivity contribution is 5.86. The van der Waals surface area contributed by atoms with Gasteiger partial charge in [-0.1, -0.05) is 55.0 Å². The first-order valence-electron chi connectivity index (χ1n) is 11.0. The third-order valence-corrected chi connectivity index (χ3v) is 6.94. The molecule has 2 bridgehead atoms. The van der Waals surface area contributed by atoms with Crippen molar-refractivity contribution in [2.45, 2.75) is 44.9 Å². The third-order valence-electron chi connectivity index (χ3n) is 6.94. The number of carbonyl (C=O) groups is 1. The molecule has 0 saturated heterocycles.